The second-order valence-corrected chi connectivity index (χ2v) is 7.44. The Balaban J connectivity index is 1.70. The van der Waals surface area contributed by atoms with Gasteiger partial charge in [-0.2, -0.15) is 5.26 Å². The van der Waals surface area contributed by atoms with E-state index < -0.39 is 0 Å². The summed E-state index contributed by atoms with van der Waals surface area (Å²) in [7, 11) is 3.20. The average molecular weight is 424 g/mol. The number of hydrogen-bond donors (Lipinski definition) is 1. The van der Waals surface area contributed by atoms with Crippen LogP contribution in [0.2, 0.25) is 0 Å². The summed E-state index contributed by atoms with van der Waals surface area (Å²) in [6, 6.07) is 14.6. The highest BCUT2D eigenvalue weighted by molar-refractivity contribution is 9.10. The Bertz CT molecular complexity index is 1040. The van der Waals surface area contributed by atoms with Crippen LogP contribution in [0.3, 0.4) is 0 Å². The van der Waals surface area contributed by atoms with Gasteiger partial charge in [-0.3, -0.25) is 4.98 Å². The second kappa shape index (κ2) is 7.09. The standard InChI is InChI=1S/C21H18BrN3O2/c1-26-19-8-16-17(9-20(19)27-2)24-11-13(10-23)21(16)25-18-7-15(18)12-3-5-14(22)6-4-12/h3-6,8-9,11,15,18H,7H2,1-2H3,(H,24,25)/t15-,18+/m0/s1. The van der Waals surface area contributed by atoms with Crippen molar-refractivity contribution in [2.75, 3.05) is 19.5 Å². The van der Waals surface area contributed by atoms with Crippen LogP contribution < -0.4 is 14.8 Å². The number of benzene rings is 2. The normalized spacial score (nSPS) is 18.0. The van der Waals surface area contributed by atoms with E-state index in [4.69, 9.17) is 9.47 Å². The molecule has 1 aliphatic rings. The van der Waals surface area contributed by atoms with E-state index in [1.807, 2.05) is 12.1 Å². The van der Waals surface area contributed by atoms with Crippen LogP contribution in [0.4, 0.5) is 5.69 Å². The highest BCUT2D eigenvalue weighted by Gasteiger charge is 2.39. The molecule has 1 fully saturated rings. The Hall–Kier alpha value is -2.78. The van der Waals surface area contributed by atoms with E-state index in [2.05, 4.69) is 56.6 Å². The Morgan fingerprint density at radius 3 is 2.52 bits per heavy atom. The van der Waals surface area contributed by atoms with Gasteiger partial charge in [0.2, 0.25) is 0 Å². The van der Waals surface area contributed by atoms with Crippen molar-refractivity contribution >= 4 is 32.5 Å². The summed E-state index contributed by atoms with van der Waals surface area (Å²) in [4.78, 5) is 4.41. The maximum absolute atomic E-state index is 9.56. The maximum Gasteiger partial charge on any atom is 0.162 e. The summed E-state index contributed by atoms with van der Waals surface area (Å²) < 4.78 is 11.9. The van der Waals surface area contributed by atoms with Gasteiger partial charge in [-0.1, -0.05) is 28.1 Å². The minimum absolute atomic E-state index is 0.289. The molecule has 0 spiro atoms. The maximum atomic E-state index is 9.56. The van der Waals surface area contributed by atoms with Gasteiger partial charge in [-0.15, -0.1) is 0 Å². The van der Waals surface area contributed by atoms with Crippen LogP contribution in [0.1, 0.15) is 23.5 Å². The molecule has 4 rings (SSSR count). The number of anilines is 1. The number of hydrogen-bond acceptors (Lipinski definition) is 5. The zero-order chi connectivity index (χ0) is 19.0. The third-order valence-corrected chi connectivity index (χ3v) is 5.44. The molecule has 3 aromatic rings. The summed E-state index contributed by atoms with van der Waals surface area (Å²) >= 11 is 3.47. The molecule has 2 aromatic carbocycles. The van der Waals surface area contributed by atoms with Crippen LogP contribution in [0.5, 0.6) is 11.5 Å². The topological polar surface area (TPSA) is 67.2 Å². The van der Waals surface area contributed by atoms with E-state index in [0.29, 0.717) is 23.0 Å². The largest absolute Gasteiger partial charge is 0.493 e. The van der Waals surface area contributed by atoms with Gasteiger partial charge in [-0.05, 0) is 30.2 Å². The fourth-order valence-electron chi connectivity index (χ4n) is 3.38. The monoisotopic (exact) mass is 423 g/mol. The average Bonchev–Trinajstić information content (AvgIpc) is 3.46. The van der Waals surface area contributed by atoms with Gasteiger partial charge in [0.25, 0.3) is 0 Å². The fraction of sp³-hybridized carbons (Fsp3) is 0.238. The van der Waals surface area contributed by atoms with Crippen LogP contribution >= 0.6 is 15.9 Å². The number of ether oxygens (including phenoxy) is 2. The molecule has 0 aliphatic heterocycles. The summed E-state index contributed by atoms with van der Waals surface area (Å²) in [5.41, 5.74) is 3.38. The lowest BCUT2D eigenvalue weighted by Gasteiger charge is -2.14. The number of pyridine rings is 1. The summed E-state index contributed by atoms with van der Waals surface area (Å²) in [6.07, 6.45) is 2.64. The van der Waals surface area contributed by atoms with E-state index in [1.54, 1.807) is 20.4 Å². The van der Waals surface area contributed by atoms with Gasteiger partial charge < -0.3 is 14.8 Å². The zero-order valence-corrected chi connectivity index (χ0v) is 16.6. The highest BCUT2D eigenvalue weighted by Crippen LogP contribution is 2.45. The molecule has 0 amide bonds. The number of fused-ring (bicyclic) bond motifs is 1. The van der Waals surface area contributed by atoms with Crippen molar-refractivity contribution in [3.8, 4) is 17.6 Å². The van der Waals surface area contributed by atoms with Crippen molar-refractivity contribution in [1.82, 2.24) is 4.98 Å². The van der Waals surface area contributed by atoms with Crippen molar-refractivity contribution < 1.29 is 9.47 Å². The zero-order valence-electron chi connectivity index (χ0n) is 15.0. The molecule has 6 heteroatoms. The molecule has 1 aliphatic carbocycles. The van der Waals surface area contributed by atoms with Crippen molar-refractivity contribution in [3.63, 3.8) is 0 Å². The van der Waals surface area contributed by atoms with Gasteiger partial charge >= 0.3 is 0 Å². The third-order valence-electron chi connectivity index (χ3n) is 4.91. The molecule has 1 heterocycles. The van der Waals surface area contributed by atoms with E-state index >= 15 is 0 Å². The Morgan fingerprint density at radius 1 is 1.15 bits per heavy atom. The predicted octanol–water partition coefficient (Wildman–Crippen LogP) is 4.85. The van der Waals surface area contributed by atoms with Crippen molar-refractivity contribution in [2.45, 2.75) is 18.4 Å². The Kier molecular flexibility index (Phi) is 4.63. The van der Waals surface area contributed by atoms with E-state index in [0.717, 1.165) is 27.5 Å². The van der Waals surface area contributed by atoms with Crippen LogP contribution in [-0.4, -0.2) is 25.2 Å². The van der Waals surface area contributed by atoms with Crippen LogP contribution in [0.25, 0.3) is 10.9 Å². The third kappa shape index (κ3) is 3.31. The number of nitrogens with zero attached hydrogens (tertiary/aromatic N) is 2. The smallest absolute Gasteiger partial charge is 0.162 e. The second-order valence-electron chi connectivity index (χ2n) is 6.53. The molecule has 0 radical (unpaired) electrons. The molecule has 0 unspecified atom stereocenters. The lowest BCUT2D eigenvalue weighted by Crippen LogP contribution is -2.07. The minimum Gasteiger partial charge on any atom is -0.493 e. The molecule has 1 aromatic heterocycles. The van der Waals surface area contributed by atoms with Gasteiger partial charge in [0.05, 0.1) is 31.0 Å². The number of rotatable bonds is 5. The molecule has 0 saturated heterocycles. The van der Waals surface area contributed by atoms with E-state index in [1.165, 1.54) is 5.56 Å². The number of halogens is 1. The molecular formula is C21H18BrN3O2. The first-order valence-electron chi connectivity index (χ1n) is 8.61. The molecule has 27 heavy (non-hydrogen) atoms. The number of methoxy groups -OCH3 is 2. The molecule has 5 nitrogen and oxygen atoms in total. The number of nitrogens with one attached hydrogen (secondary N) is 1. The van der Waals surface area contributed by atoms with Gasteiger partial charge in [0, 0.05) is 34.1 Å². The fourth-order valence-corrected chi connectivity index (χ4v) is 3.64. The Morgan fingerprint density at radius 2 is 1.85 bits per heavy atom. The van der Waals surface area contributed by atoms with Crippen molar-refractivity contribution in [3.05, 3.63) is 58.2 Å². The lowest BCUT2D eigenvalue weighted by atomic mass is 10.1. The first-order chi connectivity index (χ1) is 13.1. The minimum atomic E-state index is 0.289. The van der Waals surface area contributed by atoms with Crippen LogP contribution in [0.15, 0.2) is 47.1 Å². The highest BCUT2D eigenvalue weighted by atomic mass is 79.9. The molecule has 136 valence electrons. The van der Waals surface area contributed by atoms with Crippen molar-refractivity contribution in [1.29, 1.82) is 5.26 Å². The van der Waals surface area contributed by atoms with Crippen LogP contribution in [-0.2, 0) is 0 Å². The number of aromatic nitrogens is 1. The molecule has 2 atom stereocenters. The molecular weight excluding hydrogens is 406 g/mol. The molecule has 0 bridgehead atoms. The SMILES string of the molecule is COc1cc2ncc(C#N)c(N[C@@H]3C[C@H]3c3ccc(Br)cc3)c2cc1OC. The number of nitriles is 1. The first-order valence-corrected chi connectivity index (χ1v) is 9.40. The van der Waals surface area contributed by atoms with E-state index in [-0.39, 0.29) is 6.04 Å². The predicted molar refractivity (Wildman–Crippen MR) is 108 cm³/mol. The van der Waals surface area contributed by atoms with E-state index in [9.17, 15) is 5.26 Å². The van der Waals surface area contributed by atoms with Gasteiger partial charge in [-0.25, -0.2) is 0 Å². The molecule has 1 N–H and O–H groups in total. The quantitative estimate of drug-likeness (QED) is 0.634. The first kappa shape index (κ1) is 17.6. The molecule has 1 saturated carbocycles. The lowest BCUT2D eigenvalue weighted by molar-refractivity contribution is 0.356. The van der Waals surface area contributed by atoms with Crippen LogP contribution in [0, 0.1) is 11.3 Å². The Labute approximate surface area is 166 Å². The van der Waals surface area contributed by atoms with Crippen molar-refractivity contribution in [2.24, 2.45) is 0 Å². The summed E-state index contributed by atoms with van der Waals surface area (Å²) in [5.74, 6) is 1.67. The van der Waals surface area contributed by atoms with Gasteiger partial charge in [0.1, 0.15) is 6.07 Å². The summed E-state index contributed by atoms with van der Waals surface area (Å²) in [5, 5.41) is 14.0. The summed E-state index contributed by atoms with van der Waals surface area (Å²) in [6.45, 7) is 0. The van der Waals surface area contributed by atoms with Gasteiger partial charge in [0.15, 0.2) is 11.5 Å².